The normalized spacial score (nSPS) is 10.9. The smallest absolute Gasteiger partial charge is 0.195 e. The molecule has 0 unspecified atom stereocenters. The Labute approximate surface area is 121 Å². The van der Waals surface area contributed by atoms with Crippen LogP contribution in [-0.2, 0) is 0 Å². The van der Waals surface area contributed by atoms with Gasteiger partial charge in [0.15, 0.2) is 5.78 Å². The van der Waals surface area contributed by atoms with Crippen LogP contribution in [0.1, 0.15) is 15.2 Å². The highest BCUT2D eigenvalue weighted by atomic mass is 35.5. The lowest BCUT2D eigenvalue weighted by Gasteiger charge is -2.11. The summed E-state index contributed by atoms with van der Waals surface area (Å²) in [6, 6.07) is 11.5. The van der Waals surface area contributed by atoms with E-state index >= 15 is 0 Å². The summed E-state index contributed by atoms with van der Waals surface area (Å²) in [5, 5.41) is 0. The second-order valence-corrected chi connectivity index (χ2v) is 6.00. The second-order valence-electron chi connectivity index (χ2n) is 4.29. The molecule has 0 aliphatic rings. The molecular formula is C15H14ClNOS. The fraction of sp³-hybridized carbons (Fsp3) is 0.133. The first-order valence-corrected chi connectivity index (χ1v) is 7.01. The number of rotatable bonds is 4. The molecule has 0 bridgehead atoms. The monoisotopic (exact) mass is 291 g/mol. The van der Waals surface area contributed by atoms with Crippen molar-refractivity contribution in [2.45, 2.75) is 0 Å². The maximum absolute atomic E-state index is 11.9. The van der Waals surface area contributed by atoms with Crippen molar-refractivity contribution in [3.63, 3.8) is 0 Å². The van der Waals surface area contributed by atoms with Gasteiger partial charge < -0.3 is 4.90 Å². The first kappa shape index (κ1) is 13.8. The molecule has 0 fully saturated rings. The molecule has 2 rings (SSSR count). The summed E-state index contributed by atoms with van der Waals surface area (Å²) in [5.41, 5.74) is 2.13. The van der Waals surface area contributed by atoms with Crippen LogP contribution in [0.3, 0.4) is 0 Å². The minimum Gasteiger partial charge on any atom is -0.378 e. The first-order valence-electron chi connectivity index (χ1n) is 5.81. The van der Waals surface area contributed by atoms with Gasteiger partial charge in [-0.1, -0.05) is 29.8 Å². The van der Waals surface area contributed by atoms with Gasteiger partial charge in [0.25, 0.3) is 0 Å². The highest BCUT2D eigenvalue weighted by Crippen LogP contribution is 2.22. The Kier molecular flexibility index (Phi) is 4.40. The van der Waals surface area contributed by atoms with Crippen molar-refractivity contribution >= 4 is 40.5 Å². The quantitative estimate of drug-likeness (QED) is 0.616. The number of benzene rings is 1. The molecule has 0 N–H and O–H groups in total. The molecule has 0 saturated carbocycles. The molecule has 2 nitrogen and oxygen atoms in total. The van der Waals surface area contributed by atoms with E-state index in [1.165, 1.54) is 11.3 Å². The highest BCUT2D eigenvalue weighted by molar-refractivity contribution is 7.18. The molecule has 1 aromatic heterocycles. The Balaban J connectivity index is 2.08. The molecule has 0 atom stereocenters. The molecule has 4 heteroatoms. The zero-order valence-electron chi connectivity index (χ0n) is 10.8. The van der Waals surface area contributed by atoms with Crippen LogP contribution < -0.4 is 4.90 Å². The van der Waals surface area contributed by atoms with Crippen LogP contribution >= 0.6 is 22.9 Å². The number of hydrogen-bond donors (Lipinski definition) is 0. The lowest BCUT2D eigenvalue weighted by atomic mass is 10.1. The lowest BCUT2D eigenvalue weighted by molar-refractivity contribution is 0.105. The molecule has 1 heterocycles. The molecular weight excluding hydrogens is 278 g/mol. The van der Waals surface area contributed by atoms with Gasteiger partial charge >= 0.3 is 0 Å². The van der Waals surface area contributed by atoms with Gasteiger partial charge in [0.1, 0.15) is 0 Å². The largest absolute Gasteiger partial charge is 0.378 e. The zero-order valence-corrected chi connectivity index (χ0v) is 12.3. The third-order valence-corrected chi connectivity index (χ3v) is 3.90. The Morgan fingerprint density at radius 2 is 1.84 bits per heavy atom. The molecule has 0 saturated heterocycles. The number of halogens is 1. The third-order valence-electron chi connectivity index (χ3n) is 2.65. The molecule has 0 spiro atoms. The van der Waals surface area contributed by atoms with Crippen LogP contribution in [0.4, 0.5) is 5.69 Å². The van der Waals surface area contributed by atoms with Gasteiger partial charge in [0.05, 0.1) is 9.21 Å². The van der Waals surface area contributed by atoms with Crippen LogP contribution in [0, 0.1) is 0 Å². The van der Waals surface area contributed by atoms with E-state index in [0.29, 0.717) is 9.21 Å². The summed E-state index contributed by atoms with van der Waals surface area (Å²) in [5.74, 6) is -0.0198. The summed E-state index contributed by atoms with van der Waals surface area (Å²) in [7, 11) is 3.99. The summed E-state index contributed by atoms with van der Waals surface area (Å²) in [6.07, 6.45) is 3.39. The molecule has 0 radical (unpaired) electrons. The van der Waals surface area contributed by atoms with Crippen LogP contribution in [0.5, 0.6) is 0 Å². The van der Waals surface area contributed by atoms with E-state index in [1.807, 2.05) is 49.3 Å². The predicted octanol–water partition coefficient (Wildman–Crippen LogP) is 4.36. The number of allylic oxidation sites excluding steroid dienone is 1. The highest BCUT2D eigenvalue weighted by Gasteiger charge is 2.04. The van der Waals surface area contributed by atoms with Gasteiger partial charge in [0, 0.05) is 19.8 Å². The predicted molar refractivity (Wildman–Crippen MR) is 83.5 cm³/mol. The van der Waals surface area contributed by atoms with Crippen LogP contribution in [-0.4, -0.2) is 19.9 Å². The number of nitrogens with zero attached hydrogens (tertiary/aromatic N) is 1. The number of carbonyl (C=O) groups is 1. The lowest BCUT2D eigenvalue weighted by Crippen LogP contribution is -2.07. The van der Waals surface area contributed by atoms with E-state index in [1.54, 1.807) is 18.2 Å². The van der Waals surface area contributed by atoms with Gasteiger partial charge in [0.2, 0.25) is 0 Å². The number of anilines is 1. The van der Waals surface area contributed by atoms with Crippen molar-refractivity contribution in [3.05, 3.63) is 57.3 Å². The van der Waals surface area contributed by atoms with E-state index in [-0.39, 0.29) is 5.78 Å². The van der Waals surface area contributed by atoms with Crippen LogP contribution in [0.25, 0.3) is 6.08 Å². The molecule has 2 aromatic rings. The van der Waals surface area contributed by atoms with E-state index in [0.717, 1.165) is 11.3 Å². The second kappa shape index (κ2) is 6.04. The van der Waals surface area contributed by atoms with Crippen molar-refractivity contribution < 1.29 is 4.79 Å². The van der Waals surface area contributed by atoms with E-state index in [4.69, 9.17) is 11.6 Å². The number of ketones is 1. The van der Waals surface area contributed by atoms with Gasteiger partial charge in [-0.3, -0.25) is 4.79 Å². The van der Waals surface area contributed by atoms with Crippen molar-refractivity contribution in [3.8, 4) is 0 Å². The summed E-state index contributed by atoms with van der Waals surface area (Å²) in [4.78, 5) is 14.6. The maximum Gasteiger partial charge on any atom is 0.195 e. The minimum atomic E-state index is -0.0198. The van der Waals surface area contributed by atoms with E-state index < -0.39 is 0 Å². The fourth-order valence-corrected chi connectivity index (χ4v) is 2.55. The summed E-state index contributed by atoms with van der Waals surface area (Å²) < 4.78 is 0.632. The van der Waals surface area contributed by atoms with E-state index in [9.17, 15) is 4.79 Å². The number of hydrogen-bond acceptors (Lipinski definition) is 3. The molecule has 1 aromatic carbocycles. The van der Waals surface area contributed by atoms with Crippen molar-refractivity contribution in [1.29, 1.82) is 0 Å². The Bertz CT molecular complexity index is 599. The summed E-state index contributed by atoms with van der Waals surface area (Å²) in [6.45, 7) is 0. The SMILES string of the molecule is CN(C)c1ccc(C=CC(=O)c2ccc(Cl)s2)cc1. The summed E-state index contributed by atoms with van der Waals surface area (Å²) >= 11 is 7.10. The minimum absolute atomic E-state index is 0.0198. The Morgan fingerprint density at radius 1 is 1.16 bits per heavy atom. The van der Waals surface area contributed by atoms with Crippen LogP contribution in [0.15, 0.2) is 42.5 Å². The van der Waals surface area contributed by atoms with Gasteiger partial charge in [-0.2, -0.15) is 0 Å². The van der Waals surface area contributed by atoms with Crippen molar-refractivity contribution in [1.82, 2.24) is 0 Å². The van der Waals surface area contributed by atoms with Crippen molar-refractivity contribution in [2.75, 3.05) is 19.0 Å². The standard InChI is InChI=1S/C15H14ClNOS/c1-17(2)12-6-3-11(4-7-12)5-8-13(18)14-9-10-15(16)19-14/h3-10H,1-2H3. The topological polar surface area (TPSA) is 20.3 Å². The molecule has 19 heavy (non-hydrogen) atoms. The number of carbonyl (C=O) groups excluding carboxylic acids is 1. The Morgan fingerprint density at radius 3 is 2.37 bits per heavy atom. The average molecular weight is 292 g/mol. The average Bonchev–Trinajstić information content (AvgIpc) is 2.83. The third kappa shape index (κ3) is 3.69. The van der Waals surface area contributed by atoms with E-state index in [2.05, 4.69) is 0 Å². The molecule has 98 valence electrons. The fourth-order valence-electron chi connectivity index (χ4n) is 1.58. The van der Waals surface area contributed by atoms with Crippen molar-refractivity contribution in [2.24, 2.45) is 0 Å². The Hall–Kier alpha value is -1.58. The molecule has 0 aliphatic carbocycles. The maximum atomic E-state index is 11.9. The molecule has 0 aliphatic heterocycles. The van der Waals surface area contributed by atoms with Gasteiger partial charge in [-0.25, -0.2) is 0 Å². The molecule has 0 amide bonds. The number of thiophene rings is 1. The first-order chi connectivity index (χ1) is 9.06. The zero-order chi connectivity index (χ0) is 13.8. The van der Waals surface area contributed by atoms with Gasteiger partial charge in [-0.15, -0.1) is 11.3 Å². The van der Waals surface area contributed by atoms with Gasteiger partial charge in [-0.05, 0) is 35.9 Å². The van der Waals surface area contributed by atoms with Crippen LogP contribution in [0.2, 0.25) is 4.34 Å².